The molecule has 0 saturated heterocycles. The molecule has 0 unspecified atom stereocenters. The summed E-state index contributed by atoms with van der Waals surface area (Å²) < 4.78 is 26.7. The Kier molecular flexibility index (Phi) is 5.39. The van der Waals surface area contributed by atoms with Crippen LogP contribution in [0, 0.1) is 0 Å². The van der Waals surface area contributed by atoms with Gasteiger partial charge in [-0.3, -0.25) is 4.79 Å². The quantitative estimate of drug-likeness (QED) is 0.660. The van der Waals surface area contributed by atoms with E-state index in [9.17, 15) is 14.7 Å². The predicted octanol–water partition coefficient (Wildman–Crippen LogP) is 1.46. The molecule has 3 rings (SSSR count). The molecule has 0 radical (unpaired) electrons. The van der Waals surface area contributed by atoms with Crippen LogP contribution in [0.3, 0.4) is 0 Å². The van der Waals surface area contributed by atoms with E-state index in [0.29, 0.717) is 28.4 Å². The van der Waals surface area contributed by atoms with Crippen molar-refractivity contribution in [3.05, 3.63) is 47.2 Å². The van der Waals surface area contributed by atoms with Crippen molar-refractivity contribution in [2.75, 3.05) is 27.9 Å². The molecule has 8 nitrogen and oxygen atoms in total. The molecule has 1 aliphatic heterocycles. The molecule has 1 aliphatic rings. The Labute approximate surface area is 160 Å². The number of hydrogen-bond donors (Lipinski definition) is 0. The number of carboxylic acid groups (broad SMARTS) is 1. The van der Waals surface area contributed by atoms with Crippen molar-refractivity contribution in [3.63, 3.8) is 0 Å². The van der Waals surface area contributed by atoms with E-state index in [1.165, 1.54) is 45.6 Å². The molecule has 1 heterocycles. The van der Waals surface area contributed by atoms with Crippen LogP contribution in [-0.2, 0) is 4.79 Å². The van der Waals surface area contributed by atoms with E-state index in [1.54, 1.807) is 12.1 Å². The van der Waals surface area contributed by atoms with Crippen LogP contribution in [0.4, 0.5) is 0 Å². The third kappa shape index (κ3) is 3.57. The van der Waals surface area contributed by atoms with Gasteiger partial charge in [0.15, 0.2) is 17.3 Å². The van der Waals surface area contributed by atoms with Crippen molar-refractivity contribution in [2.45, 2.75) is 0 Å². The maximum Gasteiger partial charge on any atom is 0.231 e. The lowest BCUT2D eigenvalue weighted by Gasteiger charge is -2.14. The number of benzene rings is 2. The van der Waals surface area contributed by atoms with Gasteiger partial charge in [-0.05, 0) is 30.3 Å². The molecule has 28 heavy (non-hydrogen) atoms. The zero-order valence-corrected chi connectivity index (χ0v) is 15.4. The van der Waals surface area contributed by atoms with E-state index < -0.39 is 12.6 Å². The summed E-state index contributed by atoms with van der Waals surface area (Å²) in [5.41, 5.74) is 0.899. The zero-order valence-electron chi connectivity index (χ0n) is 15.4. The first-order valence-electron chi connectivity index (χ1n) is 8.18. The second-order valence-electron chi connectivity index (χ2n) is 5.68. The van der Waals surface area contributed by atoms with Crippen LogP contribution in [0.15, 0.2) is 36.1 Å². The number of allylic oxidation sites excluding steroid dienone is 1. The van der Waals surface area contributed by atoms with E-state index in [4.69, 9.17) is 23.7 Å². The Balaban J connectivity index is 1.93. The van der Waals surface area contributed by atoms with E-state index >= 15 is 0 Å². The predicted molar refractivity (Wildman–Crippen MR) is 96.0 cm³/mol. The first-order valence-corrected chi connectivity index (χ1v) is 8.18. The molecule has 0 aliphatic carbocycles. The highest BCUT2D eigenvalue weighted by atomic mass is 16.5. The van der Waals surface area contributed by atoms with Gasteiger partial charge in [0.2, 0.25) is 11.5 Å². The number of ether oxygens (including phenoxy) is 5. The third-order valence-corrected chi connectivity index (χ3v) is 4.02. The van der Waals surface area contributed by atoms with Crippen molar-refractivity contribution in [3.8, 4) is 28.7 Å². The molecular weight excluding hydrogens is 368 g/mol. The second-order valence-corrected chi connectivity index (χ2v) is 5.68. The number of ketones is 1. The van der Waals surface area contributed by atoms with Crippen molar-refractivity contribution >= 4 is 17.8 Å². The van der Waals surface area contributed by atoms with Crippen LogP contribution >= 0.6 is 0 Å². The van der Waals surface area contributed by atoms with Crippen molar-refractivity contribution in [1.29, 1.82) is 0 Å². The fraction of sp³-hybridized carbons (Fsp3) is 0.200. The molecule has 0 amide bonds. The minimum Gasteiger partial charge on any atom is -0.546 e. The van der Waals surface area contributed by atoms with Crippen LogP contribution in [0.2, 0.25) is 0 Å². The van der Waals surface area contributed by atoms with Gasteiger partial charge in [0.25, 0.3) is 0 Å². The summed E-state index contributed by atoms with van der Waals surface area (Å²) in [7, 11) is 4.47. The van der Waals surface area contributed by atoms with Gasteiger partial charge in [-0.25, -0.2) is 0 Å². The molecule has 8 heteroatoms. The Bertz CT molecular complexity index is 961. The zero-order chi connectivity index (χ0) is 20.3. The smallest absolute Gasteiger partial charge is 0.231 e. The number of aliphatic carboxylic acids is 1. The molecule has 146 valence electrons. The lowest BCUT2D eigenvalue weighted by molar-refractivity contribution is -0.307. The van der Waals surface area contributed by atoms with Crippen LogP contribution in [-0.4, -0.2) is 39.7 Å². The fourth-order valence-electron chi connectivity index (χ4n) is 2.78. The van der Waals surface area contributed by atoms with Gasteiger partial charge in [0.05, 0.1) is 32.9 Å². The molecule has 2 aromatic carbocycles. The summed E-state index contributed by atoms with van der Waals surface area (Å²) in [6, 6.07) is 7.84. The van der Waals surface area contributed by atoms with Crippen LogP contribution in [0.25, 0.3) is 6.08 Å². The maximum atomic E-state index is 12.6. The molecule has 0 atom stereocenters. The van der Waals surface area contributed by atoms with Crippen LogP contribution in [0.5, 0.6) is 28.7 Å². The Morgan fingerprint density at radius 1 is 1.07 bits per heavy atom. The van der Waals surface area contributed by atoms with Gasteiger partial charge in [0.1, 0.15) is 18.1 Å². The van der Waals surface area contributed by atoms with Gasteiger partial charge in [0, 0.05) is 11.6 Å². The number of carbonyl (C=O) groups is 2. The summed E-state index contributed by atoms with van der Waals surface area (Å²) in [5, 5.41) is 10.5. The lowest BCUT2D eigenvalue weighted by atomic mass is 10.1. The average molecular weight is 385 g/mol. The third-order valence-electron chi connectivity index (χ3n) is 4.02. The maximum absolute atomic E-state index is 12.6. The van der Waals surface area contributed by atoms with Gasteiger partial charge in [-0.15, -0.1) is 0 Å². The second kappa shape index (κ2) is 7.91. The van der Waals surface area contributed by atoms with E-state index in [1.807, 2.05) is 0 Å². The Hall–Kier alpha value is -3.68. The van der Waals surface area contributed by atoms with Crippen molar-refractivity contribution in [2.24, 2.45) is 0 Å². The lowest BCUT2D eigenvalue weighted by Crippen LogP contribution is -2.28. The van der Waals surface area contributed by atoms with Crippen LogP contribution in [0.1, 0.15) is 15.9 Å². The molecule has 2 aromatic rings. The van der Waals surface area contributed by atoms with Gasteiger partial charge >= 0.3 is 0 Å². The molecule has 0 N–H and O–H groups in total. The van der Waals surface area contributed by atoms with E-state index in [0.717, 1.165) is 0 Å². The largest absolute Gasteiger partial charge is 0.546 e. The van der Waals surface area contributed by atoms with Crippen molar-refractivity contribution < 1.29 is 38.4 Å². The summed E-state index contributed by atoms with van der Waals surface area (Å²) in [6.45, 7) is -0.599. The summed E-state index contributed by atoms with van der Waals surface area (Å²) in [4.78, 5) is 23.1. The van der Waals surface area contributed by atoms with Gasteiger partial charge in [-0.2, -0.15) is 0 Å². The van der Waals surface area contributed by atoms with E-state index in [2.05, 4.69) is 0 Å². The number of methoxy groups -OCH3 is 3. The van der Waals surface area contributed by atoms with Gasteiger partial charge in [-0.1, -0.05) is 0 Å². The molecule has 0 saturated carbocycles. The molecule has 0 aromatic heterocycles. The SMILES string of the molecule is COc1ccc(/C=C2/Oc3cc(OCC(=O)[O-])ccc3C2=O)c(OC)c1OC. The monoisotopic (exact) mass is 385 g/mol. The highest BCUT2D eigenvalue weighted by Crippen LogP contribution is 2.42. The minimum absolute atomic E-state index is 0.0811. The summed E-state index contributed by atoms with van der Waals surface area (Å²) in [6.07, 6.45) is 1.53. The average Bonchev–Trinajstić information content (AvgIpc) is 3.00. The highest BCUT2D eigenvalue weighted by Gasteiger charge is 2.28. The Morgan fingerprint density at radius 2 is 1.82 bits per heavy atom. The molecular formula is C20H17O8-. The summed E-state index contributed by atoms with van der Waals surface area (Å²) in [5.74, 6) is 0.194. The number of carbonyl (C=O) groups excluding carboxylic acids is 2. The first-order chi connectivity index (χ1) is 13.5. The Morgan fingerprint density at radius 3 is 2.46 bits per heavy atom. The fourth-order valence-corrected chi connectivity index (χ4v) is 2.78. The minimum atomic E-state index is -1.35. The number of Topliss-reactive ketones (excluding diaryl/α,β-unsaturated/α-hetero) is 1. The number of fused-ring (bicyclic) bond motifs is 1. The molecule has 0 spiro atoms. The standard InChI is InChI=1S/C20H18O8/c1-24-14-7-4-11(19(25-2)20(14)26-3)8-16-18(23)13-6-5-12(9-15(13)28-16)27-10-17(21)22/h4-9H,10H2,1-3H3,(H,21,22)/p-1/b16-8+. The number of hydrogen-bond acceptors (Lipinski definition) is 8. The first kappa shape index (κ1) is 19.1. The van der Waals surface area contributed by atoms with E-state index in [-0.39, 0.29) is 23.0 Å². The highest BCUT2D eigenvalue weighted by molar-refractivity contribution is 6.14. The molecule has 0 fully saturated rings. The number of carboxylic acids is 1. The normalized spacial score (nSPS) is 13.7. The van der Waals surface area contributed by atoms with Crippen LogP contribution < -0.4 is 28.8 Å². The summed E-state index contributed by atoms with van der Waals surface area (Å²) >= 11 is 0. The topological polar surface area (TPSA) is 103 Å². The number of rotatable bonds is 7. The van der Waals surface area contributed by atoms with Crippen molar-refractivity contribution in [1.82, 2.24) is 0 Å². The molecule has 0 bridgehead atoms. The van der Waals surface area contributed by atoms with Gasteiger partial charge < -0.3 is 33.6 Å².